The van der Waals surface area contributed by atoms with E-state index in [1.165, 1.54) is 4.57 Å². The van der Waals surface area contributed by atoms with Crippen molar-refractivity contribution >= 4 is 51.2 Å². The summed E-state index contributed by atoms with van der Waals surface area (Å²) in [5.74, 6) is 4.41. The average molecular weight is 665 g/mol. The van der Waals surface area contributed by atoms with Gasteiger partial charge in [0.15, 0.2) is 5.65 Å². The van der Waals surface area contributed by atoms with Gasteiger partial charge in [0.25, 0.3) is 0 Å². The van der Waals surface area contributed by atoms with E-state index in [0.717, 1.165) is 73.2 Å². The topological polar surface area (TPSA) is 141 Å². The van der Waals surface area contributed by atoms with Crippen LogP contribution >= 0.6 is 0 Å². The van der Waals surface area contributed by atoms with Gasteiger partial charge < -0.3 is 29.8 Å². The highest BCUT2D eigenvalue weighted by atomic mass is 16.6. The van der Waals surface area contributed by atoms with Crippen molar-refractivity contribution in [3.63, 3.8) is 0 Å². The number of aromatic nitrogens is 6. The first kappa shape index (κ1) is 34.7. The van der Waals surface area contributed by atoms with Crippen LogP contribution in [0.15, 0.2) is 48.8 Å². The predicted molar refractivity (Wildman–Crippen MR) is 194 cm³/mol. The molecule has 2 aromatic carbocycles. The Morgan fingerprint density at radius 2 is 1.20 bits per heavy atom. The molecule has 0 aliphatic heterocycles. The summed E-state index contributed by atoms with van der Waals surface area (Å²) in [6.07, 6.45) is 3.06. The number of nitrogens with one attached hydrogen (secondary N) is 3. The highest BCUT2D eigenvalue weighted by Gasteiger charge is 2.21. The number of benzene rings is 2. The molecule has 0 spiro atoms. The van der Waals surface area contributed by atoms with E-state index in [9.17, 15) is 4.79 Å². The first-order valence-electron chi connectivity index (χ1n) is 15.9. The van der Waals surface area contributed by atoms with E-state index >= 15 is 0 Å². The minimum Gasteiger partial charge on any atom is -0.497 e. The largest absolute Gasteiger partial charge is 0.497 e. The van der Waals surface area contributed by atoms with Gasteiger partial charge in [-0.1, -0.05) is 0 Å². The summed E-state index contributed by atoms with van der Waals surface area (Å²) in [7, 11) is 3.33. The number of anilines is 4. The number of H-pyrrole nitrogens is 1. The lowest BCUT2D eigenvalue weighted by molar-refractivity contribution is 0.0543. The van der Waals surface area contributed by atoms with Crippen molar-refractivity contribution in [2.24, 2.45) is 0 Å². The standard InChI is InChI=1S/C21H26N4O3.C16H18N4O/c1-12-10-15(27-7)11-13(2)17(12)24-18-16-8-9-25(19(16)23-14(3)22-18)20(26)28-21(4,5)6;1-9-7-12(21-4)8-10(2)14(9)20-16-13-5-6-17-15(13)18-11(3)19-16/h8-11H,1-7H3,(H,22,23,24);5-8H,1-4H3,(H2,17,18,19,20). The van der Waals surface area contributed by atoms with Crippen molar-refractivity contribution in [2.75, 3.05) is 24.9 Å². The minimum absolute atomic E-state index is 0.469. The van der Waals surface area contributed by atoms with E-state index in [1.807, 2.05) is 84.1 Å². The number of rotatable bonds is 6. The van der Waals surface area contributed by atoms with Crippen LogP contribution in [0.2, 0.25) is 0 Å². The van der Waals surface area contributed by atoms with Gasteiger partial charge in [-0.25, -0.2) is 29.3 Å². The van der Waals surface area contributed by atoms with Crippen molar-refractivity contribution in [3.05, 3.63) is 82.7 Å². The highest BCUT2D eigenvalue weighted by Crippen LogP contribution is 2.33. The van der Waals surface area contributed by atoms with Gasteiger partial charge in [-0.2, -0.15) is 0 Å². The second-order valence-corrected chi connectivity index (χ2v) is 12.9. The number of aryl methyl sites for hydroxylation is 6. The van der Waals surface area contributed by atoms with Gasteiger partial charge in [0.1, 0.15) is 46.0 Å². The molecule has 4 heterocycles. The van der Waals surface area contributed by atoms with Crippen LogP contribution in [0.3, 0.4) is 0 Å². The second kappa shape index (κ2) is 13.8. The fourth-order valence-electron chi connectivity index (χ4n) is 5.54. The van der Waals surface area contributed by atoms with Crippen LogP contribution in [0.5, 0.6) is 11.5 Å². The smallest absolute Gasteiger partial charge is 0.420 e. The van der Waals surface area contributed by atoms with E-state index in [4.69, 9.17) is 14.2 Å². The Morgan fingerprint density at radius 1 is 0.714 bits per heavy atom. The summed E-state index contributed by atoms with van der Waals surface area (Å²) in [5.41, 5.74) is 7.07. The number of ether oxygens (including phenoxy) is 3. The van der Waals surface area contributed by atoms with Gasteiger partial charge in [-0.3, -0.25) is 0 Å². The van der Waals surface area contributed by atoms with Crippen LogP contribution in [-0.2, 0) is 4.74 Å². The molecule has 0 fully saturated rings. The summed E-state index contributed by atoms with van der Waals surface area (Å²) in [6, 6.07) is 11.7. The molecule has 12 heteroatoms. The van der Waals surface area contributed by atoms with Crippen LogP contribution in [0.4, 0.5) is 27.8 Å². The van der Waals surface area contributed by atoms with Gasteiger partial charge in [-0.15, -0.1) is 0 Å². The van der Waals surface area contributed by atoms with E-state index in [1.54, 1.807) is 27.3 Å². The van der Waals surface area contributed by atoms with E-state index in [2.05, 4.69) is 49.4 Å². The molecule has 6 aromatic rings. The normalized spacial score (nSPS) is 11.2. The summed E-state index contributed by atoms with van der Waals surface area (Å²) in [5, 5.41) is 8.56. The van der Waals surface area contributed by atoms with E-state index < -0.39 is 11.7 Å². The number of hydrogen-bond acceptors (Lipinski definition) is 10. The molecule has 0 atom stereocenters. The third-order valence-electron chi connectivity index (χ3n) is 7.74. The minimum atomic E-state index is -0.589. The molecule has 3 N–H and O–H groups in total. The Balaban J connectivity index is 0.000000199. The number of fused-ring (bicyclic) bond motifs is 2. The maximum Gasteiger partial charge on any atom is 0.420 e. The van der Waals surface area contributed by atoms with E-state index in [0.29, 0.717) is 17.3 Å². The second-order valence-electron chi connectivity index (χ2n) is 12.9. The number of hydrogen-bond donors (Lipinski definition) is 3. The zero-order chi connectivity index (χ0) is 35.6. The first-order chi connectivity index (χ1) is 23.2. The molecule has 12 nitrogen and oxygen atoms in total. The fraction of sp³-hybridized carbons (Fsp3) is 0.324. The van der Waals surface area contributed by atoms with Gasteiger partial charge in [0, 0.05) is 23.8 Å². The van der Waals surface area contributed by atoms with E-state index in [-0.39, 0.29) is 0 Å². The molecule has 0 saturated carbocycles. The third-order valence-corrected chi connectivity index (χ3v) is 7.74. The van der Waals surface area contributed by atoms with Crippen LogP contribution in [0, 0.1) is 41.5 Å². The lowest BCUT2D eigenvalue weighted by atomic mass is 10.1. The number of nitrogens with zero attached hydrogens (tertiary/aromatic N) is 5. The molecule has 0 aliphatic rings. The number of carbonyl (C=O) groups excluding carboxylic acids is 1. The van der Waals surface area contributed by atoms with Crippen molar-refractivity contribution in [1.82, 2.24) is 29.5 Å². The average Bonchev–Trinajstić information content (AvgIpc) is 3.67. The lowest BCUT2D eigenvalue weighted by Crippen LogP contribution is -2.27. The molecular formula is C37H44N8O4. The molecule has 0 saturated heterocycles. The quantitative estimate of drug-likeness (QED) is 0.159. The summed E-state index contributed by atoms with van der Waals surface area (Å²) < 4.78 is 17.5. The molecule has 6 rings (SSSR count). The van der Waals surface area contributed by atoms with Crippen LogP contribution in [0.1, 0.15) is 54.7 Å². The maximum absolute atomic E-state index is 12.5. The molecule has 256 valence electrons. The molecule has 4 aromatic heterocycles. The maximum atomic E-state index is 12.5. The molecule has 49 heavy (non-hydrogen) atoms. The lowest BCUT2D eigenvalue weighted by Gasteiger charge is -2.19. The van der Waals surface area contributed by atoms with Crippen LogP contribution in [0.25, 0.3) is 22.1 Å². The Hall–Kier alpha value is -5.65. The first-order valence-corrected chi connectivity index (χ1v) is 15.9. The van der Waals surface area contributed by atoms with Crippen LogP contribution in [-0.4, -0.2) is 55.4 Å². The Labute approximate surface area is 286 Å². The monoisotopic (exact) mass is 664 g/mol. The Kier molecular flexibility index (Phi) is 9.79. The number of carbonyl (C=O) groups is 1. The molecule has 0 bridgehead atoms. The van der Waals surface area contributed by atoms with Crippen molar-refractivity contribution in [3.8, 4) is 11.5 Å². The number of methoxy groups -OCH3 is 2. The van der Waals surface area contributed by atoms with Gasteiger partial charge in [0.05, 0.1) is 25.0 Å². The van der Waals surface area contributed by atoms with Crippen LogP contribution < -0.4 is 20.1 Å². The van der Waals surface area contributed by atoms with Crippen molar-refractivity contribution in [2.45, 2.75) is 67.9 Å². The summed E-state index contributed by atoms with van der Waals surface area (Å²) in [4.78, 5) is 33.6. The Bertz CT molecular complexity index is 2110. The molecule has 0 aliphatic carbocycles. The fourth-order valence-corrected chi connectivity index (χ4v) is 5.54. The Morgan fingerprint density at radius 3 is 1.69 bits per heavy atom. The molecule has 0 radical (unpaired) electrons. The molecule has 0 unspecified atom stereocenters. The zero-order valence-corrected chi connectivity index (χ0v) is 30.0. The van der Waals surface area contributed by atoms with Gasteiger partial charge >= 0.3 is 6.09 Å². The molecule has 0 amide bonds. The predicted octanol–water partition coefficient (Wildman–Crippen LogP) is 8.53. The van der Waals surface area contributed by atoms with Gasteiger partial charge in [-0.05, 0) is 121 Å². The summed E-state index contributed by atoms with van der Waals surface area (Å²) in [6.45, 7) is 17.3. The summed E-state index contributed by atoms with van der Waals surface area (Å²) >= 11 is 0. The SMILES string of the molecule is COc1cc(C)c(Nc2nc(C)nc3[nH]ccc23)c(C)c1.COc1cc(C)c(Nc2nc(C)nc3c2ccn3C(=O)OC(C)(C)C)c(C)c1. The molecular weight excluding hydrogens is 620 g/mol. The highest BCUT2D eigenvalue weighted by molar-refractivity contribution is 5.95. The zero-order valence-electron chi connectivity index (χ0n) is 30.0. The van der Waals surface area contributed by atoms with Gasteiger partial charge in [0.2, 0.25) is 0 Å². The number of aromatic amines is 1. The van der Waals surface area contributed by atoms with Crippen molar-refractivity contribution in [1.29, 1.82) is 0 Å². The third kappa shape index (κ3) is 7.75. The van der Waals surface area contributed by atoms with Crippen molar-refractivity contribution < 1.29 is 19.0 Å².